The summed E-state index contributed by atoms with van der Waals surface area (Å²) in [5.41, 5.74) is 0.207. The highest BCUT2D eigenvalue weighted by molar-refractivity contribution is 5.66. The van der Waals surface area contributed by atoms with Crippen LogP contribution in [-0.4, -0.2) is 49.7 Å². The van der Waals surface area contributed by atoms with E-state index in [4.69, 9.17) is 17.9 Å². The number of carbonyl (C=O) groups is 1. The first kappa shape index (κ1) is 29.0. The molecule has 9 heteroatoms. The van der Waals surface area contributed by atoms with Crippen LogP contribution in [0.1, 0.15) is 50.2 Å². The molecule has 1 aliphatic carbocycles. The summed E-state index contributed by atoms with van der Waals surface area (Å²) in [6.45, 7) is 21.3. The van der Waals surface area contributed by atoms with Crippen LogP contribution in [-0.2, 0) is 21.2 Å². The Morgan fingerprint density at radius 2 is 1.68 bits per heavy atom. The molecule has 1 saturated carbocycles. The summed E-state index contributed by atoms with van der Waals surface area (Å²) in [6.07, 6.45) is -1.53. The number of hydrogen-bond acceptors (Lipinski definition) is 4. The van der Waals surface area contributed by atoms with Gasteiger partial charge in [-0.15, -0.1) is 0 Å². The number of likely N-dealkylation sites (tertiary alicyclic amines) is 1. The number of halogens is 3. The average molecular weight is 565 g/mol. The van der Waals surface area contributed by atoms with Gasteiger partial charge in [0.25, 0.3) is 5.54 Å². The van der Waals surface area contributed by atoms with Crippen LogP contribution < -0.4 is 4.90 Å². The molecular weight excluding hydrogens is 529 g/mol. The summed E-state index contributed by atoms with van der Waals surface area (Å²) in [6, 6.07) is 12.9. The summed E-state index contributed by atoms with van der Waals surface area (Å²) >= 11 is 0. The molecule has 216 valence electrons. The largest absolute Gasteiger partial charge is 0.462 e. The van der Waals surface area contributed by atoms with E-state index in [9.17, 15) is 18.0 Å². The Balaban J connectivity index is 1.30. The maximum Gasteiger partial charge on any atom is 0.416 e. The van der Waals surface area contributed by atoms with Gasteiger partial charge in [-0.25, -0.2) is 11.4 Å². The van der Waals surface area contributed by atoms with E-state index >= 15 is 0 Å². The molecule has 2 aliphatic heterocycles. The van der Waals surface area contributed by atoms with E-state index in [0.29, 0.717) is 42.9 Å². The lowest BCUT2D eigenvalue weighted by molar-refractivity contribution is -0.149. The van der Waals surface area contributed by atoms with Gasteiger partial charge in [-0.2, -0.15) is 13.2 Å². The molecule has 3 atom stereocenters. The lowest BCUT2D eigenvalue weighted by Gasteiger charge is -2.46. The van der Waals surface area contributed by atoms with Crippen molar-refractivity contribution in [2.45, 2.75) is 56.8 Å². The summed E-state index contributed by atoms with van der Waals surface area (Å²) < 4.78 is 46.9. The molecule has 2 saturated heterocycles. The molecule has 0 spiro atoms. The number of benzene rings is 2. The number of carbonyl (C=O) groups excluding carboxylic acids is 1. The fourth-order valence-corrected chi connectivity index (χ4v) is 7.27. The Kier molecular flexibility index (Phi) is 8.29. The first-order valence-electron chi connectivity index (χ1n) is 14.3. The summed E-state index contributed by atoms with van der Waals surface area (Å²) in [5.74, 6) is -0.390. The van der Waals surface area contributed by atoms with Crippen LogP contribution in [0.4, 0.5) is 24.5 Å². The van der Waals surface area contributed by atoms with Gasteiger partial charge in [0.15, 0.2) is 5.69 Å². The Morgan fingerprint density at radius 1 is 1.00 bits per heavy atom. The van der Waals surface area contributed by atoms with Crippen molar-refractivity contribution in [1.29, 1.82) is 0 Å². The van der Waals surface area contributed by atoms with Gasteiger partial charge < -0.3 is 19.4 Å². The molecule has 2 aromatic rings. The van der Waals surface area contributed by atoms with Crippen molar-refractivity contribution in [1.82, 2.24) is 4.90 Å². The highest BCUT2D eigenvalue weighted by Crippen LogP contribution is 2.53. The SMILES string of the molecule is [C-]#[N+]c1ccc(N2CC(CN3CCC(C([N+]#[C-])(c4cccc(C(F)(F)F)c4)[C@H]4CCC[C@@H]4OC(C)=O)CC3)C2)cc1. The molecule has 41 heavy (non-hydrogen) atoms. The number of hydrogen-bond donors (Lipinski definition) is 0. The summed E-state index contributed by atoms with van der Waals surface area (Å²) in [4.78, 5) is 24.3. The second-order valence-electron chi connectivity index (χ2n) is 11.7. The Hall–Kier alpha value is -3.56. The predicted octanol–water partition coefficient (Wildman–Crippen LogP) is 6.95. The molecule has 0 radical (unpaired) electrons. The van der Waals surface area contributed by atoms with Crippen molar-refractivity contribution < 1.29 is 22.7 Å². The van der Waals surface area contributed by atoms with Crippen LogP contribution in [0.25, 0.3) is 9.69 Å². The third-order valence-electron chi connectivity index (χ3n) is 9.20. The third-order valence-corrected chi connectivity index (χ3v) is 9.20. The predicted molar refractivity (Wildman–Crippen MR) is 150 cm³/mol. The summed E-state index contributed by atoms with van der Waals surface area (Å²) in [7, 11) is 0. The Morgan fingerprint density at radius 3 is 2.29 bits per heavy atom. The number of nitrogens with zero attached hydrogens (tertiary/aromatic N) is 4. The Labute approximate surface area is 239 Å². The van der Waals surface area contributed by atoms with E-state index in [1.54, 1.807) is 6.07 Å². The fourth-order valence-electron chi connectivity index (χ4n) is 7.27. The van der Waals surface area contributed by atoms with E-state index in [1.165, 1.54) is 13.0 Å². The number of alkyl halides is 3. The van der Waals surface area contributed by atoms with Crippen LogP contribution in [0.5, 0.6) is 0 Å². The molecule has 6 nitrogen and oxygen atoms in total. The zero-order valence-electron chi connectivity index (χ0n) is 23.2. The lowest BCUT2D eigenvalue weighted by atomic mass is 9.65. The molecule has 5 rings (SSSR count). The highest BCUT2D eigenvalue weighted by Gasteiger charge is 2.59. The van der Waals surface area contributed by atoms with Crippen LogP contribution in [0.3, 0.4) is 0 Å². The molecule has 0 bridgehead atoms. The van der Waals surface area contributed by atoms with Gasteiger partial charge >= 0.3 is 12.1 Å². The standard InChI is InChI=1S/C32H35F3N4O2/c1-22(40)41-30-9-5-8-29(30)31(37-3,25-6-4-7-26(18-25)32(33,34)35)24-14-16-38(17-15-24)19-23-20-39(21-23)28-12-10-27(36-2)11-13-28/h4,6-7,10-13,18,23-24,29-30H,5,8-9,14-17,19-21H2,1H3/t29-,30-,31?/m0/s1. The normalized spacial score (nSPS) is 23.7. The molecule has 0 aromatic heterocycles. The maximum atomic E-state index is 13.7. The van der Waals surface area contributed by atoms with E-state index in [1.807, 2.05) is 24.3 Å². The van der Waals surface area contributed by atoms with Crippen molar-refractivity contribution in [2.75, 3.05) is 37.6 Å². The number of ether oxygens (including phenoxy) is 1. The van der Waals surface area contributed by atoms with Gasteiger partial charge in [-0.1, -0.05) is 24.3 Å². The number of rotatable bonds is 7. The third kappa shape index (κ3) is 5.92. The number of piperidine rings is 1. The van der Waals surface area contributed by atoms with Crippen molar-refractivity contribution in [2.24, 2.45) is 17.8 Å². The van der Waals surface area contributed by atoms with Crippen molar-refractivity contribution in [3.05, 3.63) is 82.5 Å². The van der Waals surface area contributed by atoms with Gasteiger partial charge in [0.2, 0.25) is 0 Å². The topological polar surface area (TPSA) is 41.5 Å². The minimum absolute atomic E-state index is 0.139. The van der Waals surface area contributed by atoms with E-state index in [2.05, 4.69) is 19.5 Å². The fraction of sp³-hybridized carbons (Fsp3) is 0.531. The second kappa shape index (κ2) is 11.7. The quantitative estimate of drug-likeness (QED) is 0.270. The van der Waals surface area contributed by atoms with E-state index in [-0.39, 0.29) is 11.8 Å². The van der Waals surface area contributed by atoms with Gasteiger partial charge in [0.1, 0.15) is 6.10 Å². The highest BCUT2D eigenvalue weighted by atomic mass is 19.4. The molecular formula is C32H35F3N4O2. The van der Waals surface area contributed by atoms with E-state index < -0.39 is 29.4 Å². The first-order chi connectivity index (χ1) is 19.6. The van der Waals surface area contributed by atoms with Crippen molar-refractivity contribution in [3.8, 4) is 0 Å². The van der Waals surface area contributed by atoms with Gasteiger partial charge in [-0.3, -0.25) is 4.79 Å². The minimum Gasteiger partial charge on any atom is -0.462 e. The summed E-state index contributed by atoms with van der Waals surface area (Å²) in [5, 5.41) is 0. The average Bonchev–Trinajstić information content (AvgIpc) is 3.39. The smallest absolute Gasteiger partial charge is 0.416 e. The number of esters is 1. The van der Waals surface area contributed by atoms with Crippen LogP contribution in [0, 0.1) is 30.9 Å². The molecule has 2 heterocycles. The second-order valence-corrected chi connectivity index (χ2v) is 11.7. The monoisotopic (exact) mass is 564 g/mol. The minimum atomic E-state index is -4.51. The molecule has 2 aromatic carbocycles. The van der Waals surface area contributed by atoms with E-state index in [0.717, 1.165) is 57.0 Å². The molecule has 0 amide bonds. The van der Waals surface area contributed by atoms with Gasteiger partial charge in [-0.05, 0) is 69.5 Å². The molecule has 1 unspecified atom stereocenters. The maximum absolute atomic E-state index is 13.7. The molecule has 3 fully saturated rings. The Bertz CT molecular complexity index is 1320. The first-order valence-corrected chi connectivity index (χ1v) is 14.3. The van der Waals surface area contributed by atoms with Crippen molar-refractivity contribution in [3.63, 3.8) is 0 Å². The zero-order valence-corrected chi connectivity index (χ0v) is 23.2. The lowest BCUT2D eigenvalue weighted by Crippen LogP contribution is -2.54. The van der Waals surface area contributed by atoms with Gasteiger partial charge in [0, 0.05) is 49.6 Å². The number of anilines is 1. The van der Waals surface area contributed by atoms with Crippen LogP contribution in [0.15, 0.2) is 48.5 Å². The molecule has 0 N–H and O–H groups in total. The zero-order chi connectivity index (χ0) is 29.2. The molecule has 3 aliphatic rings. The van der Waals surface area contributed by atoms with Crippen molar-refractivity contribution >= 4 is 17.3 Å². The van der Waals surface area contributed by atoms with Crippen LogP contribution in [0.2, 0.25) is 0 Å². The van der Waals surface area contributed by atoms with Crippen LogP contribution >= 0.6 is 0 Å². The van der Waals surface area contributed by atoms with Gasteiger partial charge in [0.05, 0.1) is 18.1 Å².